The average molecular weight is 617 g/mol. The van der Waals surface area contributed by atoms with Crippen LogP contribution < -0.4 is 14.4 Å². The molecular formula is C33H48N2O9. The number of likely N-dealkylation sites (tertiary alicyclic amines) is 1. The number of hydrogen-bond acceptors (Lipinski definition) is 9. The summed E-state index contributed by atoms with van der Waals surface area (Å²) < 4.78 is 34.8. The van der Waals surface area contributed by atoms with Crippen molar-refractivity contribution in [3.8, 4) is 11.5 Å². The third-order valence-corrected chi connectivity index (χ3v) is 7.92. The summed E-state index contributed by atoms with van der Waals surface area (Å²) in [4.78, 5) is 15.8. The van der Waals surface area contributed by atoms with E-state index < -0.39 is 24.4 Å². The number of nitrogens with zero attached hydrogens (tertiary/aromatic N) is 2. The summed E-state index contributed by atoms with van der Waals surface area (Å²) in [5.74, 6) is 1.35. The number of methoxy groups -OCH3 is 2. The highest BCUT2D eigenvalue weighted by molar-refractivity contribution is 5.65. The number of ether oxygens (including phenoxy) is 6. The molecule has 2 N–H and O–H groups in total. The number of piperidine rings is 1. The lowest BCUT2D eigenvalue weighted by Gasteiger charge is -2.43. The van der Waals surface area contributed by atoms with Gasteiger partial charge in [-0.05, 0) is 61.6 Å². The van der Waals surface area contributed by atoms with E-state index in [0.717, 1.165) is 60.7 Å². The predicted molar refractivity (Wildman–Crippen MR) is 166 cm³/mol. The molecule has 1 amide bonds. The summed E-state index contributed by atoms with van der Waals surface area (Å²) >= 11 is 0. The largest absolute Gasteiger partial charge is 0.494 e. The highest BCUT2D eigenvalue weighted by atomic mass is 16.5. The van der Waals surface area contributed by atoms with E-state index in [2.05, 4.69) is 11.0 Å². The lowest BCUT2D eigenvalue weighted by atomic mass is 9.84. The van der Waals surface area contributed by atoms with E-state index in [1.54, 1.807) is 21.1 Å². The molecule has 1 saturated heterocycles. The molecule has 11 heteroatoms. The molecule has 0 unspecified atom stereocenters. The molecule has 0 radical (unpaired) electrons. The van der Waals surface area contributed by atoms with Gasteiger partial charge in [0.25, 0.3) is 0 Å². The van der Waals surface area contributed by atoms with Gasteiger partial charge < -0.3 is 48.4 Å². The highest BCUT2D eigenvalue weighted by Gasteiger charge is 2.41. The van der Waals surface area contributed by atoms with Gasteiger partial charge in [-0.25, -0.2) is 4.79 Å². The third-order valence-electron chi connectivity index (χ3n) is 7.92. The van der Waals surface area contributed by atoms with Crippen molar-refractivity contribution >= 4 is 11.8 Å². The Hall–Kier alpha value is -3.09. The first kappa shape index (κ1) is 33.8. The van der Waals surface area contributed by atoms with Gasteiger partial charge >= 0.3 is 6.09 Å². The molecule has 1 fully saturated rings. The summed E-state index contributed by atoms with van der Waals surface area (Å²) in [5, 5.41) is 19.9. The average Bonchev–Trinajstić information content (AvgIpc) is 3.03. The van der Waals surface area contributed by atoms with Crippen LogP contribution in [0.15, 0.2) is 42.5 Å². The fourth-order valence-electron chi connectivity index (χ4n) is 5.70. The Morgan fingerprint density at radius 2 is 1.68 bits per heavy atom. The van der Waals surface area contributed by atoms with E-state index in [4.69, 9.17) is 28.4 Å². The topological polar surface area (TPSA) is 119 Å². The standard InChI is InChI=1S/C33H48N2O9/c1-24(36)22-43-30-20-35(33(37)38)21-31(32(30)26-8-10-27(11-9-26)41-17-5-4-15-39-2)44-23-25-7-12-29-28(19-25)34(14-18-42-29)13-6-16-40-3/h7-12,19,24,30-32,36H,4-6,13-18,20-23H2,1-3H3,(H,37,38)/t24-,30-,31+,32+/m1/s1. The fraction of sp³-hybridized carbons (Fsp3) is 0.606. The zero-order valence-electron chi connectivity index (χ0n) is 26.2. The van der Waals surface area contributed by atoms with Crippen LogP contribution in [-0.4, -0.2) is 113 Å². The lowest BCUT2D eigenvalue weighted by Crippen LogP contribution is -2.54. The van der Waals surface area contributed by atoms with Gasteiger partial charge in [0.15, 0.2) is 0 Å². The normalized spacial score (nSPS) is 20.6. The number of fused-ring (bicyclic) bond motifs is 1. The number of benzene rings is 2. The van der Waals surface area contributed by atoms with Gasteiger partial charge in [0.2, 0.25) is 0 Å². The van der Waals surface area contributed by atoms with Crippen molar-refractivity contribution in [3.63, 3.8) is 0 Å². The summed E-state index contributed by atoms with van der Waals surface area (Å²) in [6.07, 6.45) is 0.0381. The molecule has 44 heavy (non-hydrogen) atoms. The minimum atomic E-state index is -1.03. The van der Waals surface area contributed by atoms with Crippen LogP contribution in [-0.2, 0) is 25.6 Å². The van der Waals surface area contributed by atoms with Gasteiger partial charge in [0.05, 0.1) is 63.5 Å². The molecule has 4 rings (SSSR count). The highest BCUT2D eigenvalue weighted by Crippen LogP contribution is 2.36. The van der Waals surface area contributed by atoms with Crippen molar-refractivity contribution in [1.82, 2.24) is 4.90 Å². The number of carboxylic acid groups (broad SMARTS) is 1. The number of aliphatic hydroxyl groups is 1. The van der Waals surface area contributed by atoms with Crippen LogP contribution in [0.25, 0.3) is 0 Å². The summed E-state index contributed by atoms with van der Waals surface area (Å²) in [6, 6.07) is 13.9. The van der Waals surface area contributed by atoms with Crippen LogP contribution in [0.5, 0.6) is 11.5 Å². The summed E-state index contributed by atoms with van der Waals surface area (Å²) in [6.45, 7) is 6.70. The molecule has 2 heterocycles. The molecule has 2 aliphatic heterocycles. The van der Waals surface area contributed by atoms with Crippen molar-refractivity contribution in [3.05, 3.63) is 53.6 Å². The summed E-state index contributed by atoms with van der Waals surface area (Å²) in [7, 11) is 3.40. The van der Waals surface area contributed by atoms with Crippen LogP contribution in [0.1, 0.15) is 43.2 Å². The van der Waals surface area contributed by atoms with E-state index in [-0.39, 0.29) is 25.6 Å². The maximum Gasteiger partial charge on any atom is 0.407 e. The fourth-order valence-corrected chi connectivity index (χ4v) is 5.70. The number of carbonyl (C=O) groups is 1. The molecule has 2 aromatic carbocycles. The molecule has 2 aliphatic rings. The van der Waals surface area contributed by atoms with Crippen molar-refractivity contribution < 1.29 is 43.4 Å². The van der Waals surface area contributed by atoms with E-state index >= 15 is 0 Å². The zero-order valence-corrected chi connectivity index (χ0v) is 26.2. The van der Waals surface area contributed by atoms with Gasteiger partial charge in [-0.2, -0.15) is 0 Å². The minimum Gasteiger partial charge on any atom is -0.494 e. The van der Waals surface area contributed by atoms with Crippen LogP contribution in [0.3, 0.4) is 0 Å². The number of rotatable bonds is 17. The van der Waals surface area contributed by atoms with Gasteiger partial charge in [-0.3, -0.25) is 0 Å². The van der Waals surface area contributed by atoms with Crippen molar-refractivity contribution in [2.24, 2.45) is 0 Å². The van der Waals surface area contributed by atoms with Gasteiger partial charge in [-0.15, -0.1) is 0 Å². The maximum atomic E-state index is 12.1. The van der Waals surface area contributed by atoms with Gasteiger partial charge in [0.1, 0.15) is 18.1 Å². The number of unbranched alkanes of at least 4 members (excludes halogenated alkanes) is 1. The Morgan fingerprint density at radius 1 is 0.977 bits per heavy atom. The van der Waals surface area contributed by atoms with Gasteiger partial charge in [0, 0.05) is 39.9 Å². The Bertz CT molecular complexity index is 1150. The Balaban J connectivity index is 1.52. The quantitative estimate of drug-likeness (QED) is 0.251. The van der Waals surface area contributed by atoms with E-state index in [9.17, 15) is 15.0 Å². The maximum absolute atomic E-state index is 12.1. The lowest BCUT2D eigenvalue weighted by molar-refractivity contribution is -0.101. The molecule has 4 atom stereocenters. The van der Waals surface area contributed by atoms with Gasteiger partial charge in [-0.1, -0.05) is 18.2 Å². The minimum absolute atomic E-state index is 0.0910. The second-order valence-corrected chi connectivity index (χ2v) is 11.4. The van der Waals surface area contributed by atoms with E-state index in [1.807, 2.05) is 36.4 Å². The molecule has 0 aromatic heterocycles. The Labute approximate surface area is 260 Å². The summed E-state index contributed by atoms with van der Waals surface area (Å²) in [5.41, 5.74) is 2.96. The molecule has 2 aromatic rings. The van der Waals surface area contributed by atoms with Crippen LogP contribution >= 0.6 is 0 Å². The first-order chi connectivity index (χ1) is 21.4. The molecule has 11 nitrogen and oxygen atoms in total. The van der Waals surface area contributed by atoms with E-state index in [1.165, 1.54) is 4.90 Å². The number of amides is 1. The Kier molecular flexibility index (Phi) is 13.4. The monoisotopic (exact) mass is 616 g/mol. The molecule has 0 spiro atoms. The van der Waals surface area contributed by atoms with Crippen LogP contribution in [0.2, 0.25) is 0 Å². The first-order valence-electron chi connectivity index (χ1n) is 15.5. The number of aliphatic hydroxyl groups excluding tert-OH is 1. The molecular weight excluding hydrogens is 568 g/mol. The molecule has 244 valence electrons. The molecule has 0 bridgehead atoms. The SMILES string of the molecule is COCCCCOc1ccc([C@@H]2[C@@H](OCc3ccc4c(c3)N(CCCOC)CCO4)CN(C(=O)O)C[C@H]2OC[C@@H](C)O)cc1. The third kappa shape index (κ3) is 9.70. The molecule has 0 aliphatic carbocycles. The second-order valence-electron chi connectivity index (χ2n) is 11.4. The smallest absolute Gasteiger partial charge is 0.407 e. The van der Waals surface area contributed by atoms with Crippen molar-refractivity contribution in [2.75, 3.05) is 78.3 Å². The van der Waals surface area contributed by atoms with Crippen LogP contribution in [0, 0.1) is 0 Å². The number of hydrogen-bond donors (Lipinski definition) is 2. The van der Waals surface area contributed by atoms with Crippen molar-refractivity contribution in [1.29, 1.82) is 0 Å². The zero-order chi connectivity index (χ0) is 31.3. The first-order valence-corrected chi connectivity index (χ1v) is 15.5. The second kappa shape index (κ2) is 17.4. The van der Waals surface area contributed by atoms with Crippen LogP contribution in [0.4, 0.5) is 10.5 Å². The Morgan fingerprint density at radius 3 is 2.39 bits per heavy atom. The van der Waals surface area contributed by atoms with E-state index in [0.29, 0.717) is 33.0 Å². The number of anilines is 1. The molecule has 0 saturated carbocycles. The van der Waals surface area contributed by atoms with Crippen molar-refractivity contribution in [2.45, 2.75) is 57.0 Å². The predicted octanol–water partition coefficient (Wildman–Crippen LogP) is 4.16.